The second-order valence-corrected chi connectivity index (χ2v) is 8.28. The third-order valence-corrected chi connectivity index (χ3v) is 5.63. The van der Waals surface area contributed by atoms with Crippen LogP contribution in [0.3, 0.4) is 0 Å². The second-order valence-electron chi connectivity index (χ2n) is 6.45. The zero-order valence-electron chi connectivity index (χ0n) is 14.1. The molecule has 1 unspecified atom stereocenters. The maximum absolute atomic E-state index is 10.6. The predicted octanol–water partition coefficient (Wildman–Crippen LogP) is 5.71. The van der Waals surface area contributed by atoms with E-state index in [4.69, 9.17) is 0 Å². The van der Waals surface area contributed by atoms with E-state index < -0.39 is 6.10 Å². The molecule has 5 heteroatoms. The Labute approximate surface area is 168 Å². The molecule has 0 aliphatic rings. The van der Waals surface area contributed by atoms with Gasteiger partial charge in [-0.05, 0) is 61.4 Å². The summed E-state index contributed by atoms with van der Waals surface area (Å²) in [7, 11) is 0. The average molecular weight is 474 g/mol. The van der Waals surface area contributed by atoms with Crippen LogP contribution in [0, 0.1) is 0 Å². The third kappa shape index (κ3) is 3.56. The number of aliphatic hydroxyl groups excluding tert-OH is 1. The van der Waals surface area contributed by atoms with E-state index in [0.29, 0.717) is 13.0 Å². The molecule has 26 heavy (non-hydrogen) atoms. The molecule has 4 rings (SSSR count). The Morgan fingerprint density at radius 3 is 2.15 bits per heavy atom. The van der Waals surface area contributed by atoms with Gasteiger partial charge in [0.25, 0.3) is 0 Å². The highest BCUT2D eigenvalue weighted by Crippen LogP contribution is 2.33. The van der Waals surface area contributed by atoms with Crippen LogP contribution in [0.1, 0.15) is 12.1 Å². The van der Waals surface area contributed by atoms with Crippen molar-refractivity contribution in [3.05, 3.63) is 75.4 Å². The number of hydrogen-bond acceptors (Lipinski definition) is 2. The van der Waals surface area contributed by atoms with E-state index in [1.807, 2.05) is 30.3 Å². The van der Waals surface area contributed by atoms with Crippen LogP contribution in [0.25, 0.3) is 21.8 Å². The zero-order valence-corrected chi connectivity index (χ0v) is 17.2. The highest BCUT2D eigenvalue weighted by Gasteiger charge is 2.14. The van der Waals surface area contributed by atoms with Crippen molar-refractivity contribution in [1.82, 2.24) is 9.55 Å². The molecule has 0 aliphatic heterocycles. The van der Waals surface area contributed by atoms with Gasteiger partial charge in [0.1, 0.15) is 0 Å². The van der Waals surface area contributed by atoms with Gasteiger partial charge in [-0.25, -0.2) is 0 Å². The van der Waals surface area contributed by atoms with Gasteiger partial charge >= 0.3 is 0 Å². The van der Waals surface area contributed by atoms with E-state index >= 15 is 0 Å². The van der Waals surface area contributed by atoms with E-state index in [1.165, 1.54) is 10.8 Å². The van der Waals surface area contributed by atoms with Crippen molar-refractivity contribution >= 4 is 53.7 Å². The van der Waals surface area contributed by atoms with Crippen LogP contribution in [0.15, 0.2) is 69.7 Å². The standard InChI is InChI=1S/C21H18Br2N2O/c22-14-4-8-20-18(11-14)19-12-15(23)5-9-21(19)25(20)13-17(26)7-6-16-3-1-2-10-24-16/h1-5,8-12,17,26H,6-7,13H2. The number of nitrogens with zero attached hydrogens (tertiary/aromatic N) is 2. The summed E-state index contributed by atoms with van der Waals surface area (Å²) in [6.45, 7) is 0.566. The van der Waals surface area contributed by atoms with Crippen molar-refractivity contribution < 1.29 is 5.11 Å². The minimum Gasteiger partial charge on any atom is -0.391 e. The molecule has 0 aliphatic carbocycles. The van der Waals surface area contributed by atoms with Crippen LogP contribution in [-0.4, -0.2) is 20.8 Å². The average Bonchev–Trinajstić information content (AvgIpc) is 2.93. The van der Waals surface area contributed by atoms with E-state index in [9.17, 15) is 5.11 Å². The molecule has 0 amide bonds. The lowest BCUT2D eigenvalue weighted by molar-refractivity contribution is 0.147. The quantitative estimate of drug-likeness (QED) is 0.403. The SMILES string of the molecule is OC(CCc1ccccn1)Cn1c2ccc(Br)cc2c2cc(Br)ccc21. The number of benzene rings is 2. The summed E-state index contributed by atoms with van der Waals surface area (Å²) in [6.07, 6.45) is 2.83. The van der Waals surface area contributed by atoms with Gasteiger partial charge in [0.2, 0.25) is 0 Å². The summed E-state index contributed by atoms with van der Waals surface area (Å²) >= 11 is 7.14. The van der Waals surface area contributed by atoms with Gasteiger partial charge in [-0.3, -0.25) is 4.98 Å². The number of aliphatic hydroxyl groups is 1. The summed E-state index contributed by atoms with van der Waals surface area (Å²) in [5, 5.41) is 13.0. The molecule has 0 radical (unpaired) electrons. The van der Waals surface area contributed by atoms with Crippen molar-refractivity contribution in [2.45, 2.75) is 25.5 Å². The second kappa shape index (κ2) is 7.51. The Kier molecular flexibility index (Phi) is 5.11. The normalized spacial score (nSPS) is 12.7. The highest BCUT2D eigenvalue weighted by molar-refractivity contribution is 9.10. The zero-order chi connectivity index (χ0) is 18.1. The van der Waals surface area contributed by atoms with Crippen LogP contribution >= 0.6 is 31.9 Å². The lowest BCUT2D eigenvalue weighted by Crippen LogP contribution is -2.16. The fourth-order valence-electron chi connectivity index (χ4n) is 3.41. The van der Waals surface area contributed by atoms with Crippen LogP contribution in [0.5, 0.6) is 0 Å². The van der Waals surface area contributed by atoms with Gasteiger partial charge in [-0.1, -0.05) is 37.9 Å². The first-order valence-corrected chi connectivity index (χ1v) is 10.2. The molecule has 1 N–H and O–H groups in total. The molecule has 0 saturated carbocycles. The molecule has 0 saturated heterocycles. The minimum atomic E-state index is -0.428. The van der Waals surface area contributed by atoms with Gasteiger partial charge < -0.3 is 9.67 Å². The summed E-state index contributed by atoms with van der Waals surface area (Å²) in [5.74, 6) is 0. The van der Waals surface area contributed by atoms with Gasteiger partial charge in [0.15, 0.2) is 0 Å². The number of pyridine rings is 1. The number of halogens is 2. The number of aromatic nitrogens is 2. The fourth-order valence-corrected chi connectivity index (χ4v) is 4.13. The maximum Gasteiger partial charge on any atom is 0.0723 e. The summed E-state index contributed by atoms with van der Waals surface area (Å²) in [6, 6.07) is 18.5. The lowest BCUT2D eigenvalue weighted by atomic mass is 10.1. The topological polar surface area (TPSA) is 38.1 Å². The third-order valence-electron chi connectivity index (χ3n) is 4.64. The first-order valence-electron chi connectivity index (χ1n) is 8.57. The maximum atomic E-state index is 10.6. The van der Waals surface area contributed by atoms with E-state index in [1.54, 1.807) is 6.20 Å². The Morgan fingerprint density at radius 1 is 0.923 bits per heavy atom. The largest absolute Gasteiger partial charge is 0.391 e. The van der Waals surface area contributed by atoms with Gasteiger partial charge in [0.05, 0.1) is 6.10 Å². The van der Waals surface area contributed by atoms with Crippen LogP contribution in [-0.2, 0) is 13.0 Å². The fraction of sp³-hybridized carbons (Fsp3) is 0.190. The molecule has 4 aromatic rings. The predicted molar refractivity (Wildman–Crippen MR) is 113 cm³/mol. The summed E-state index contributed by atoms with van der Waals surface area (Å²) < 4.78 is 4.33. The summed E-state index contributed by atoms with van der Waals surface area (Å²) in [5.41, 5.74) is 3.29. The van der Waals surface area contributed by atoms with Crippen molar-refractivity contribution in [3.63, 3.8) is 0 Å². The Balaban J connectivity index is 1.66. The van der Waals surface area contributed by atoms with E-state index in [0.717, 1.165) is 32.1 Å². The summed E-state index contributed by atoms with van der Waals surface area (Å²) in [4.78, 5) is 4.34. The van der Waals surface area contributed by atoms with Gasteiger partial charge in [0, 0.05) is 49.2 Å². The van der Waals surface area contributed by atoms with Crippen molar-refractivity contribution in [1.29, 1.82) is 0 Å². The lowest BCUT2D eigenvalue weighted by Gasteiger charge is -2.14. The molecule has 1 atom stereocenters. The van der Waals surface area contributed by atoms with Crippen molar-refractivity contribution in [2.75, 3.05) is 0 Å². The number of fused-ring (bicyclic) bond motifs is 3. The highest BCUT2D eigenvalue weighted by atomic mass is 79.9. The molecule has 2 aromatic carbocycles. The minimum absolute atomic E-state index is 0.428. The smallest absolute Gasteiger partial charge is 0.0723 e. The molecule has 0 bridgehead atoms. The first kappa shape index (κ1) is 17.7. The molecule has 3 nitrogen and oxygen atoms in total. The first-order chi connectivity index (χ1) is 12.6. The molecule has 0 fully saturated rings. The van der Waals surface area contributed by atoms with Crippen LogP contribution < -0.4 is 0 Å². The molecule has 2 heterocycles. The molecular formula is C21H18Br2N2O. The van der Waals surface area contributed by atoms with Gasteiger partial charge in [-0.2, -0.15) is 0 Å². The van der Waals surface area contributed by atoms with Crippen molar-refractivity contribution in [3.8, 4) is 0 Å². The Bertz CT molecular complexity index is 1000. The monoisotopic (exact) mass is 472 g/mol. The Hall–Kier alpha value is -1.69. The molecule has 132 valence electrons. The van der Waals surface area contributed by atoms with Crippen molar-refractivity contribution in [2.24, 2.45) is 0 Å². The van der Waals surface area contributed by atoms with Crippen LogP contribution in [0.2, 0.25) is 0 Å². The van der Waals surface area contributed by atoms with E-state index in [-0.39, 0.29) is 0 Å². The number of hydrogen-bond donors (Lipinski definition) is 1. The number of rotatable bonds is 5. The molecule has 0 spiro atoms. The van der Waals surface area contributed by atoms with E-state index in [2.05, 4.69) is 65.7 Å². The van der Waals surface area contributed by atoms with Crippen LogP contribution in [0.4, 0.5) is 0 Å². The molecule has 2 aromatic heterocycles. The number of aryl methyl sites for hydroxylation is 1. The van der Waals surface area contributed by atoms with Gasteiger partial charge in [-0.15, -0.1) is 0 Å². The molecular weight excluding hydrogens is 456 g/mol. The Morgan fingerprint density at radius 2 is 1.58 bits per heavy atom.